The van der Waals surface area contributed by atoms with Crippen LogP contribution in [0, 0.1) is 15.3 Å². The molecule has 1 atom stereocenters. The van der Waals surface area contributed by atoms with Crippen LogP contribution < -0.4 is 4.90 Å². The van der Waals surface area contributed by atoms with Crippen LogP contribution in [-0.4, -0.2) is 25.5 Å². The van der Waals surface area contributed by atoms with Crippen LogP contribution in [0.5, 0.6) is 0 Å². The van der Waals surface area contributed by atoms with Crippen molar-refractivity contribution in [1.82, 2.24) is 0 Å². The number of benzene rings is 1. The average Bonchev–Trinajstić information content (AvgIpc) is 2.69. The highest BCUT2D eigenvalue weighted by atomic mass is 127. The maximum absolute atomic E-state index is 13.9. The van der Waals surface area contributed by atoms with E-state index in [1.165, 1.54) is 12.0 Å². The third kappa shape index (κ3) is 2.84. The van der Waals surface area contributed by atoms with E-state index in [0.29, 0.717) is 3.57 Å². The zero-order chi connectivity index (χ0) is 14.2. The van der Waals surface area contributed by atoms with Crippen LogP contribution in [0.15, 0.2) is 12.1 Å². The van der Waals surface area contributed by atoms with Crippen molar-refractivity contribution in [3.63, 3.8) is 0 Å². The summed E-state index contributed by atoms with van der Waals surface area (Å²) in [5, 5.41) is 0.266. The first-order chi connectivity index (χ1) is 8.93. The number of carbonyl (C=O) groups is 2. The fraction of sp³-hybridized carbons (Fsp3) is 0.333. The molecule has 0 saturated carbocycles. The van der Waals surface area contributed by atoms with Crippen LogP contribution in [0.2, 0.25) is 5.02 Å². The Labute approximate surface area is 128 Å². The molecule has 1 amide bonds. The Morgan fingerprint density at radius 2 is 2.26 bits per heavy atom. The summed E-state index contributed by atoms with van der Waals surface area (Å²) in [7, 11) is 1.27. The van der Waals surface area contributed by atoms with Gasteiger partial charge < -0.3 is 9.64 Å². The number of methoxy groups -OCH3 is 1. The minimum Gasteiger partial charge on any atom is -0.469 e. The number of amides is 1. The van der Waals surface area contributed by atoms with Crippen LogP contribution in [-0.2, 0) is 14.3 Å². The number of esters is 1. The molecule has 0 spiro atoms. The normalized spacial score (nSPS) is 18.8. The van der Waals surface area contributed by atoms with Gasteiger partial charge in [0.25, 0.3) is 0 Å². The number of carbonyl (C=O) groups excluding carboxylic acids is 2. The summed E-state index contributed by atoms with van der Waals surface area (Å²) in [5.74, 6) is -1.88. The number of hydrogen-bond donors (Lipinski definition) is 0. The lowest BCUT2D eigenvalue weighted by molar-refractivity contribution is -0.145. The molecule has 4 nitrogen and oxygen atoms in total. The minimum atomic E-state index is -0.573. The summed E-state index contributed by atoms with van der Waals surface area (Å²) in [4.78, 5) is 24.6. The van der Waals surface area contributed by atoms with Crippen LogP contribution >= 0.6 is 34.2 Å². The van der Waals surface area contributed by atoms with Gasteiger partial charge in [-0.3, -0.25) is 9.59 Å². The molecular formula is C12H10ClFINO3. The highest BCUT2D eigenvalue weighted by Crippen LogP contribution is 2.33. The van der Waals surface area contributed by atoms with Crippen LogP contribution in [0.4, 0.5) is 10.1 Å². The molecule has 0 bridgehead atoms. The van der Waals surface area contributed by atoms with E-state index >= 15 is 0 Å². The minimum absolute atomic E-state index is 0.0326. The van der Waals surface area contributed by atoms with Crippen LogP contribution in [0.25, 0.3) is 0 Å². The van der Waals surface area contributed by atoms with E-state index in [9.17, 15) is 14.0 Å². The summed E-state index contributed by atoms with van der Waals surface area (Å²) < 4.78 is 19.1. The third-order valence-corrected chi connectivity index (χ3v) is 3.95. The van der Waals surface area contributed by atoms with E-state index in [-0.39, 0.29) is 29.6 Å². The molecule has 1 fully saturated rings. The van der Waals surface area contributed by atoms with Crippen LogP contribution in [0.3, 0.4) is 0 Å². The number of hydrogen-bond acceptors (Lipinski definition) is 3. The van der Waals surface area contributed by atoms with Crippen molar-refractivity contribution in [3.8, 4) is 0 Å². The van der Waals surface area contributed by atoms with Gasteiger partial charge in [0.1, 0.15) is 5.82 Å². The quantitative estimate of drug-likeness (QED) is 0.569. The Kier molecular flexibility index (Phi) is 4.29. The molecule has 1 aromatic rings. The van der Waals surface area contributed by atoms with Crippen molar-refractivity contribution in [2.24, 2.45) is 5.92 Å². The van der Waals surface area contributed by atoms with E-state index in [1.54, 1.807) is 6.07 Å². The standard InChI is InChI=1S/C12H10ClFINO3/c1-19-12(18)6-2-10(17)16(5-6)11-8(14)3-7(13)4-9(11)15/h3-4,6H,2,5H2,1H3. The molecule has 1 aliphatic rings. The molecule has 2 rings (SSSR count). The molecule has 7 heteroatoms. The van der Waals surface area contributed by atoms with E-state index in [1.807, 2.05) is 22.6 Å². The zero-order valence-electron chi connectivity index (χ0n) is 9.95. The molecule has 1 aliphatic heterocycles. The molecule has 0 N–H and O–H groups in total. The lowest BCUT2D eigenvalue weighted by atomic mass is 10.1. The molecule has 19 heavy (non-hydrogen) atoms. The first kappa shape index (κ1) is 14.5. The second-order valence-electron chi connectivity index (χ2n) is 4.15. The number of nitrogens with zero attached hydrogens (tertiary/aromatic N) is 1. The maximum atomic E-state index is 13.9. The van der Waals surface area contributed by atoms with Gasteiger partial charge in [-0.05, 0) is 34.7 Å². The van der Waals surface area contributed by atoms with Crippen molar-refractivity contribution in [3.05, 3.63) is 26.5 Å². The lowest BCUT2D eigenvalue weighted by Gasteiger charge is -2.19. The summed E-state index contributed by atoms with van der Waals surface area (Å²) in [6.07, 6.45) is 0.0326. The second kappa shape index (κ2) is 5.62. The van der Waals surface area contributed by atoms with E-state index in [4.69, 9.17) is 11.6 Å². The van der Waals surface area contributed by atoms with Crippen molar-refractivity contribution in [2.75, 3.05) is 18.6 Å². The Morgan fingerprint density at radius 1 is 1.58 bits per heavy atom. The molecule has 1 heterocycles. The SMILES string of the molecule is COC(=O)C1CC(=O)N(c2c(F)cc(Cl)cc2I)C1. The smallest absolute Gasteiger partial charge is 0.311 e. The van der Waals surface area contributed by atoms with Gasteiger partial charge in [0, 0.05) is 21.6 Å². The van der Waals surface area contributed by atoms with Gasteiger partial charge >= 0.3 is 5.97 Å². The predicted octanol–water partition coefficient (Wildman–Crippen LogP) is 2.61. The zero-order valence-corrected chi connectivity index (χ0v) is 12.9. The summed E-state index contributed by atoms with van der Waals surface area (Å²) in [6.45, 7) is 0.125. The Bertz CT molecular complexity index is 529. The van der Waals surface area contributed by atoms with Crippen molar-refractivity contribution >= 4 is 51.8 Å². The highest BCUT2D eigenvalue weighted by Gasteiger charge is 2.37. The third-order valence-electron chi connectivity index (χ3n) is 2.91. The van der Waals surface area contributed by atoms with Gasteiger partial charge in [-0.1, -0.05) is 11.6 Å². The molecule has 0 aromatic heterocycles. The molecule has 1 saturated heterocycles. The fourth-order valence-corrected chi connectivity index (χ4v) is 3.31. The van der Waals surface area contributed by atoms with E-state index in [2.05, 4.69) is 4.74 Å². The monoisotopic (exact) mass is 397 g/mol. The summed E-state index contributed by atoms with van der Waals surface area (Å²) in [6, 6.07) is 2.72. The Balaban J connectivity index is 2.33. The summed E-state index contributed by atoms with van der Waals surface area (Å²) >= 11 is 7.66. The molecule has 1 aromatic carbocycles. The second-order valence-corrected chi connectivity index (χ2v) is 5.75. The predicted molar refractivity (Wildman–Crippen MR) is 76.6 cm³/mol. The van der Waals surface area contributed by atoms with Gasteiger partial charge in [-0.15, -0.1) is 0 Å². The van der Waals surface area contributed by atoms with Gasteiger partial charge in [0.2, 0.25) is 5.91 Å². The Hall–Kier alpha value is -0.890. The van der Waals surface area contributed by atoms with E-state index in [0.717, 1.165) is 6.07 Å². The lowest BCUT2D eigenvalue weighted by Crippen LogP contribution is -2.27. The average molecular weight is 398 g/mol. The molecular weight excluding hydrogens is 387 g/mol. The topological polar surface area (TPSA) is 46.6 Å². The number of ether oxygens (including phenoxy) is 1. The van der Waals surface area contributed by atoms with Gasteiger partial charge in [0.15, 0.2) is 0 Å². The van der Waals surface area contributed by atoms with Crippen molar-refractivity contribution in [1.29, 1.82) is 0 Å². The number of halogens is 3. The molecule has 102 valence electrons. The fourth-order valence-electron chi connectivity index (χ4n) is 2.04. The molecule has 0 aliphatic carbocycles. The largest absolute Gasteiger partial charge is 0.469 e. The first-order valence-electron chi connectivity index (χ1n) is 5.46. The molecule has 0 radical (unpaired) electrons. The van der Waals surface area contributed by atoms with Crippen LogP contribution in [0.1, 0.15) is 6.42 Å². The van der Waals surface area contributed by atoms with E-state index < -0.39 is 17.7 Å². The molecule has 1 unspecified atom stereocenters. The highest BCUT2D eigenvalue weighted by molar-refractivity contribution is 14.1. The maximum Gasteiger partial charge on any atom is 0.311 e. The van der Waals surface area contributed by atoms with Crippen molar-refractivity contribution < 1.29 is 18.7 Å². The van der Waals surface area contributed by atoms with Gasteiger partial charge in [0.05, 0.1) is 18.7 Å². The Morgan fingerprint density at radius 3 is 2.84 bits per heavy atom. The summed E-state index contributed by atoms with van der Waals surface area (Å²) in [5.41, 5.74) is 0.168. The number of rotatable bonds is 2. The first-order valence-corrected chi connectivity index (χ1v) is 6.92. The van der Waals surface area contributed by atoms with Gasteiger partial charge in [-0.2, -0.15) is 0 Å². The van der Waals surface area contributed by atoms with Crippen molar-refractivity contribution in [2.45, 2.75) is 6.42 Å². The van der Waals surface area contributed by atoms with Gasteiger partial charge in [-0.25, -0.2) is 4.39 Å². The number of anilines is 1.